The van der Waals surface area contributed by atoms with Crippen molar-refractivity contribution in [1.82, 2.24) is 0 Å². The van der Waals surface area contributed by atoms with Crippen molar-refractivity contribution in [3.8, 4) is 5.75 Å². The molecular formula is C19H17NO2. The van der Waals surface area contributed by atoms with Crippen LogP contribution in [0.5, 0.6) is 5.75 Å². The summed E-state index contributed by atoms with van der Waals surface area (Å²) in [6.45, 7) is 0.494. The fourth-order valence-corrected chi connectivity index (χ4v) is 2.55. The van der Waals surface area contributed by atoms with E-state index in [1.165, 1.54) is 0 Å². The number of rotatable bonds is 5. The summed E-state index contributed by atoms with van der Waals surface area (Å²) in [5.41, 5.74) is 2.54. The monoisotopic (exact) mass is 291 g/mol. The highest BCUT2D eigenvalue weighted by Crippen LogP contribution is 2.33. The van der Waals surface area contributed by atoms with E-state index < -0.39 is 0 Å². The van der Waals surface area contributed by atoms with Crippen molar-refractivity contribution in [3.05, 3.63) is 71.8 Å². The maximum Gasteiger partial charge on any atom is 0.152 e. The van der Waals surface area contributed by atoms with Crippen LogP contribution in [0.15, 0.2) is 60.7 Å². The molecule has 0 amide bonds. The molecule has 22 heavy (non-hydrogen) atoms. The topological polar surface area (TPSA) is 38.3 Å². The standard InChI is InChI=1S/C19H17NO2/c1-20-18-11-19(22-13-14-7-3-2-4-8-14)16-10-6-5-9-15(16)17(18)12-21/h2-12,20H,13H2,1H3. The molecule has 0 atom stereocenters. The number of nitrogens with one attached hydrogen (secondary N) is 1. The molecule has 0 radical (unpaired) electrons. The van der Waals surface area contributed by atoms with Gasteiger partial charge in [0, 0.05) is 29.8 Å². The lowest BCUT2D eigenvalue weighted by Crippen LogP contribution is -2.00. The summed E-state index contributed by atoms with van der Waals surface area (Å²) < 4.78 is 5.99. The molecule has 0 aliphatic rings. The Morgan fingerprint density at radius 2 is 1.68 bits per heavy atom. The van der Waals surface area contributed by atoms with Gasteiger partial charge in [-0.1, -0.05) is 54.6 Å². The fourth-order valence-electron chi connectivity index (χ4n) is 2.55. The zero-order valence-corrected chi connectivity index (χ0v) is 12.4. The quantitative estimate of drug-likeness (QED) is 0.713. The van der Waals surface area contributed by atoms with Gasteiger partial charge in [0.05, 0.1) is 0 Å². The summed E-state index contributed by atoms with van der Waals surface area (Å²) in [6, 6.07) is 19.7. The average Bonchev–Trinajstić information content (AvgIpc) is 2.59. The highest BCUT2D eigenvalue weighted by molar-refractivity contribution is 6.06. The Bertz CT molecular complexity index is 797. The fraction of sp³-hybridized carbons (Fsp3) is 0.105. The number of anilines is 1. The molecule has 0 saturated carbocycles. The van der Waals surface area contributed by atoms with E-state index in [9.17, 15) is 4.79 Å². The van der Waals surface area contributed by atoms with Crippen LogP contribution in [0.1, 0.15) is 15.9 Å². The summed E-state index contributed by atoms with van der Waals surface area (Å²) in [7, 11) is 1.80. The Balaban J connectivity index is 2.03. The van der Waals surface area contributed by atoms with Gasteiger partial charge in [-0.25, -0.2) is 0 Å². The maximum absolute atomic E-state index is 11.4. The predicted molar refractivity (Wildman–Crippen MR) is 89.7 cm³/mol. The Morgan fingerprint density at radius 3 is 2.36 bits per heavy atom. The first-order valence-electron chi connectivity index (χ1n) is 7.19. The second-order valence-corrected chi connectivity index (χ2v) is 5.02. The zero-order chi connectivity index (χ0) is 15.4. The Labute approximate surface area is 129 Å². The highest BCUT2D eigenvalue weighted by Gasteiger charge is 2.11. The van der Waals surface area contributed by atoms with Gasteiger partial charge in [0.2, 0.25) is 0 Å². The molecule has 0 fully saturated rings. The molecule has 3 aromatic carbocycles. The third-order valence-corrected chi connectivity index (χ3v) is 3.67. The zero-order valence-electron chi connectivity index (χ0n) is 12.4. The molecule has 0 aliphatic heterocycles. The largest absolute Gasteiger partial charge is 0.488 e. The van der Waals surface area contributed by atoms with Gasteiger partial charge in [-0.2, -0.15) is 0 Å². The molecular weight excluding hydrogens is 274 g/mol. The van der Waals surface area contributed by atoms with Gasteiger partial charge in [-0.05, 0) is 10.9 Å². The first-order valence-corrected chi connectivity index (χ1v) is 7.19. The first-order chi connectivity index (χ1) is 10.8. The summed E-state index contributed by atoms with van der Waals surface area (Å²) in [4.78, 5) is 11.4. The summed E-state index contributed by atoms with van der Waals surface area (Å²) in [5.74, 6) is 0.773. The van der Waals surface area contributed by atoms with Crippen molar-refractivity contribution < 1.29 is 9.53 Å². The molecule has 3 heteroatoms. The minimum absolute atomic E-state index is 0.494. The lowest BCUT2D eigenvalue weighted by Gasteiger charge is -2.14. The van der Waals surface area contributed by atoms with Crippen molar-refractivity contribution in [2.75, 3.05) is 12.4 Å². The molecule has 0 heterocycles. The average molecular weight is 291 g/mol. The second kappa shape index (κ2) is 6.31. The van der Waals surface area contributed by atoms with Crippen LogP contribution in [-0.2, 0) is 6.61 Å². The van der Waals surface area contributed by atoms with E-state index in [1.54, 1.807) is 7.05 Å². The van der Waals surface area contributed by atoms with Crippen molar-refractivity contribution in [1.29, 1.82) is 0 Å². The van der Waals surface area contributed by atoms with Crippen molar-refractivity contribution >= 4 is 22.7 Å². The predicted octanol–water partition coefficient (Wildman–Crippen LogP) is 4.27. The van der Waals surface area contributed by atoms with Gasteiger partial charge >= 0.3 is 0 Å². The van der Waals surface area contributed by atoms with Gasteiger partial charge in [-0.15, -0.1) is 0 Å². The second-order valence-electron chi connectivity index (χ2n) is 5.02. The van der Waals surface area contributed by atoms with E-state index in [0.717, 1.165) is 34.1 Å². The Kier molecular flexibility index (Phi) is 4.05. The van der Waals surface area contributed by atoms with E-state index in [-0.39, 0.29) is 0 Å². The third kappa shape index (κ3) is 2.66. The van der Waals surface area contributed by atoms with Crippen LogP contribution in [0.3, 0.4) is 0 Å². The number of benzene rings is 3. The van der Waals surface area contributed by atoms with Crippen LogP contribution in [-0.4, -0.2) is 13.3 Å². The van der Waals surface area contributed by atoms with Gasteiger partial charge in [0.1, 0.15) is 12.4 Å². The van der Waals surface area contributed by atoms with Crippen LogP contribution in [0.4, 0.5) is 5.69 Å². The van der Waals surface area contributed by atoms with Crippen LogP contribution >= 0.6 is 0 Å². The number of hydrogen-bond donors (Lipinski definition) is 1. The molecule has 0 bridgehead atoms. The molecule has 3 aromatic rings. The van der Waals surface area contributed by atoms with Gasteiger partial charge < -0.3 is 10.1 Å². The lowest BCUT2D eigenvalue weighted by atomic mass is 10.0. The smallest absolute Gasteiger partial charge is 0.152 e. The SMILES string of the molecule is CNc1cc(OCc2ccccc2)c2ccccc2c1C=O. The van der Waals surface area contributed by atoms with Crippen molar-refractivity contribution in [2.45, 2.75) is 6.61 Å². The van der Waals surface area contributed by atoms with E-state index in [1.807, 2.05) is 60.7 Å². The Morgan fingerprint density at radius 1 is 1.00 bits per heavy atom. The molecule has 3 rings (SSSR count). The maximum atomic E-state index is 11.4. The number of carbonyl (C=O) groups excluding carboxylic acids is 1. The molecule has 3 nitrogen and oxygen atoms in total. The first kappa shape index (κ1) is 14.1. The molecule has 110 valence electrons. The van der Waals surface area contributed by atoms with Crippen LogP contribution in [0.25, 0.3) is 10.8 Å². The number of hydrogen-bond acceptors (Lipinski definition) is 3. The van der Waals surface area contributed by atoms with Crippen LogP contribution < -0.4 is 10.1 Å². The molecule has 0 unspecified atom stereocenters. The van der Waals surface area contributed by atoms with E-state index >= 15 is 0 Å². The van der Waals surface area contributed by atoms with E-state index in [2.05, 4.69) is 5.32 Å². The molecule has 0 saturated heterocycles. The van der Waals surface area contributed by atoms with Gasteiger partial charge in [0.25, 0.3) is 0 Å². The van der Waals surface area contributed by atoms with Crippen LogP contribution in [0, 0.1) is 0 Å². The number of carbonyl (C=O) groups is 1. The normalized spacial score (nSPS) is 10.4. The van der Waals surface area contributed by atoms with Gasteiger partial charge in [-0.3, -0.25) is 4.79 Å². The summed E-state index contributed by atoms with van der Waals surface area (Å²) >= 11 is 0. The van der Waals surface area contributed by atoms with Crippen molar-refractivity contribution in [2.24, 2.45) is 0 Å². The summed E-state index contributed by atoms with van der Waals surface area (Å²) in [5, 5.41) is 4.91. The lowest BCUT2D eigenvalue weighted by molar-refractivity contribution is 0.112. The van der Waals surface area contributed by atoms with E-state index in [0.29, 0.717) is 12.2 Å². The number of fused-ring (bicyclic) bond motifs is 1. The minimum Gasteiger partial charge on any atom is -0.488 e. The molecule has 0 aliphatic carbocycles. The van der Waals surface area contributed by atoms with Crippen LogP contribution in [0.2, 0.25) is 0 Å². The minimum atomic E-state index is 0.494. The summed E-state index contributed by atoms with van der Waals surface area (Å²) in [6.07, 6.45) is 0.884. The number of aldehydes is 1. The third-order valence-electron chi connectivity index (χ3n) is 3.67. The molecule has 0 spiro atoms. The highest BCUT2D eigenvalue weighted by atomic mass is 16.5. The number of ether oxygens (including phenoxy) is 1. The van der Waals surface area contributed by atoms with Gasteiger partial charge in [0.15, 0.2) is 6.29 Å². The molecule has 1 N–H and O–H groups in total. The van der Waals surface area contributed by atoms with E-state index in [4.69, 9.17) is 4.74 Å². The van der Waals surface area contributed by atoms with Crippen molar-refractivity contribution in [3.63, 3.8) is 0 Å². The Hall–Kier alpha value is -2.81. The molecule has 0 aromatic heterocycles.